The molecule has 1 fully saturated rings. The van der Waals surface area contributed by atoms with E-state index in [1.54, 1.807) is 0 Å². The van der Waals surface area contributed by atoms with Crippen LogP contribution in [0.1, 0.15) is 50.3 Å². The Hall–Kier alpha value is -0.860. The Morgan fingerprint density at radius 3 is 2.56 bits per heavy atom. The smallest absolute Gasteiger partial charge is 0.0580 e. The molecule has 0 spiro atoms. The quantitative estimate of drug-likeness (QED) is 0.838. The van der Waals surface area contributed by atoms with Crippen LogP contribution >= 0.6 is 0 Å². The lowest BCUT2D eigenvalue weighted by Crippen LogP contribution is -2.29. The van der Waals surface area contributed by atoms with Crippen LogP contribution in [0.5, 0.6) is 0 Å². The van der Waals surface area contributed by atoms with Gasteiger partial charge in [0.25, 0.3) is 0 Å². The third kappa shape index (κ3) is 3.33. The van der Waals surface area contributed by atoms with E-state index in [-0.39, 0.29) is 6.10 Å². The van der Waals surface area contributed by atoms with Crippen LogP contribution in [0.3, 0.4) is 0 Å². The molecule has 0 aliphatic heterocycles. The van der Waals surface area contributed by atoms with E-state index in [0.29, 0.717) is 12.0 Å². The largest absolute Gasteiger partial charge is 0.393 e. The molecule has 2 nitrogen and oxygen atoms in total. The first kappa shape index (κ1) is 13.6. The summed E-state index contributed by atoms with van der Waals surface area (Å²) >= 11 is 0. The zero-order chi connectivity index (χ0) is 13.0. The number of hydrogen-bond acceptors (Lipinski definition) is 2. The van der Waals surface area contributed by atoms with Crippen LogP contribution in [0.2, 0.25) is 0 Å². The van der Waals surface area contributed by atoms with Gasteiger partial charge in [0.15, 0.2) is 0 Å². The van der Waals surface area contributed by atoms with Gasteiger partial charge in [-0.1, -0.05) is 37.6 Å². The minimum Gasteiger partial charge on any atom is -0.393 e. The average Bonchev–Trinajstić information content (AvgIpc) is 2.81. The van der Waals surface area contributed by atoms with Crippen molar-refractivity contribution in [1.82, 2.24) is 5.32 Å². The molecule has 1 aliphatic carbocycles. The number of aryl methyl sites for hydroxylation is 1. The fraction of sp³-hybridized carbons (Fsp3) is 0.625. The molecule has 1 aromatic carbocycles. The van der Waals surface area contributed by atoms with Gasteiger partial charge in [0.1, 0.15) is 0 Å². The Morgan fingerprint density at radius 1 is 1.28 bits per heavy atom. The van der Waals surface area contributed by atoms with Crippen LogP contribution in [0, 0.1) is 5.92 Å². The van der Waals surface area contributed by atoms with E-state index in [9.17, 15) is 5.11 Å². The lowest BCUT2D eigenvalue weighted by molar-refractivity contribution is 0.130. The Bertz CT molecular complexity index is 360. The Morgan fingerprint density at radius 2 is 2.00 bits per heavy atom. The van der Waals surface area contributed by atoms with E-state index in [2.05, 4.69) is 43.4 Å². The summed E-state index contributed by atoms with van der Waals surface area (Å²) in [5.41, 5.74) is 2.72. The number of aliphatic hydroxyl groups excluding tert-OH is 1. The number of hydrogen-bond donors (Lipinski definition) is 2. The molecule has 0 radical (unpaired) electrons. The molecule has 0 heterocycles. The zero-order valence-electron chi connectivity index (χ0n) is 11.5. The highest BCUT2D eigenvalue weighted by atomic mass is 16.3. The fourth-order valence-electron chi connectivity index (χ4n) is 2.74. The van der Waals surface area contributed by atoms with Crippen molar-refractivity contribution >= 4 is 0 Å². The molecule has 3 atom stereocenters. The van der Waals surface area contributed by atoms with Gasteiger partial charge in [-0.05, 0) is 43.2 Å². The minimum atomic E-state index is -0.0906. The molecule has 2 N–H and O–H groups in total. The summed E-state index contributed by atoms with van der Waals surface area (Å²) < 4.78 is 0. The molecular weight excluding hydrogens is 222 g/mol. The van der Waals surface area contributed by atoms with E-state index in [4.69, 9.17) is 0 Å². The third-order valence-electron chi connectivity index (χ3n) is 4.19. The summed E-state index contributed by atoms with van der Waals surface area (Å²) in [4.78, 5) is 0. The van der Waals surface area contributed by atoms with Gasteiger partial charge in [-0.2, -0.15) is 0 Å². The highest BCUT2D eigenvalue weighted by Gasteiger charge is 2.25. The van der Waals surface area contributed by atoms with Crippen LogP contribution in [-0.4, -0.2) is 17.8 Å². The zero-order valence-corrected chi connectivity index (χ0v) is 11.5. The van der Waals surface area contributed by atoms with Crippen LogP contribution in [-0.2, 0) is 6.42 Å². The lowest BCUT2D eigenvalue weighted by Gasteiger charge is -2.20. The normalized spacial score (nSPS) is 25.3. The fourth-order valence-corrected chi connectivity index (χ4v) is 2.74. The van der Waals surface area contributed by atoms with Crippen molar-refractivity contribution in [2.24, 2.45) is 5.92 Å². The molecule has 3 unspecified atom stereocenters. The minimum absolute atomic E-state index is 0.0906. The van der Waals surface area contributed by atoms with Crippen LogP contribution in [0.15, 0.2) is 24.3 Å². The van der Waals surface area contributed by atoms with Crippen molar-refractivity contribution in [2.75, 3.05) is 6.54 Å². The molecule has 100 valence electrons. The molecule has 2 heteroatoms. The van der Waals surface area contributed by atoms with Crippen molar-refractivity contribution < 1.29 is 5.11 Å². The van der Waals surface area contributed by atoms with Crippen LogP contribution < -0.4 is 5.32 Å². The van der Waals surface area contributed by atoms with Gasteiger partial charge in [0.05, 0.1) is 6.10 Å². The third-order valence-corrected chi connectivity index (χ3v) is 4.19. The summed E-state index contributed by atoms with van der Waals surface area (Å²) in [6.07, 6.45) is 4.32. The van der Waals surface area contributed by atoms with E-state index in [1.165, 1.54) is 17.5 Å². The van der Waals surface area contributed by atoms with Crippen LogP contribution in [0.4, 0.5) is 0 Å². The van der Waals surface area contributed by atoms with Crippen molar-refractivity contribution in [3.8, 4) is 0 Å². The van der Waals surface area contributed by atoms with E-state index in [0.717, 1.165) is 25.8 Å². The average molecular weight is 247 g/mol. The topological polar surface area (TPSA) is 32.3 Å². The van der Waals surface area contributed by atoms with Gasteiger partial charge in [-0.25, -0.2) is 0 Å². The SMILES string of the molecule is CCc1ccc(C(C)NCC2CCCC2O)cc1. The van der Waals surface area contributed by atoms with E-state index >= 15 is 0 Å². The molecule has 18 heavy (non-hydrogen) atoms. The highest BCUT2D eigenvalue weighted by Crippen LogP contribution is 2.25. The van der Waals surface area contributed by atoms with E-state index in [1.807, 2.05) is 0 Å². The summed E-state index contributed by atoms with van der Waals surface area (Å²) in [7, 11) is 0. The van der Waals surface area contributed by atoms with Crippen LogP contribution in [0.25, 0.3) is 0 Å². The molecular formula is C16H25NO. The number of benzene rings is 1. The molecule has 1 aromatic rings. The molecule has 0 saturated heterocycles. The highest BCUT2D eigenvalue weighted by molar-refractivity contribution is 5.24. The maximum atomic E-state index is 9.80. The maximum absolute atomic E-state index is 9.80. The first-order chi connectivity index (χ1) is 8.70. The predicted octanol–water partition coefficient (Wildman–Crippen LogP) is 3.06. The predicted molar refractivity (Wildman–Crippen MR) is 75.6 cm³/mol. The summed E-state index contributed by atoms with van der Waals surface area (Å²) in [5.74, 6) is 0.447. The number of nitrogens with one attached hydrogen (secondary N) is 1. The Kier molecular flexibility index (Phi) is 4.79. The second kappa shape index (κ2) is 6.35. The summed E-state index contributed by atoms with van der Waals surface area (Å²) in [6, 6.07) is 9.20. The van der Waals surface area contributed by atoms with Gasteiger partial charge in [-0.15, -0.1) is 0 Å². The maximum Gasteiger partial charge on any atom is 0.0580 e. The van der Waals surface area contributed by atoms with Crippen molar-refractivity contribution in [3.05, 3.63) is 35.4 Å². The summed E-state index contributed by atoms with van der Waals surface area (Å²) in [5, 5.41) is 13.3. The van der Waals surface area contributed by atoms with Gasteiger partial charge in [0, 0.05) is 12.6 Å². The number of rotatable bonds is 5. The first-order valence-electron chi connectivity index (χ1n) is 7.21. The molecule has 0 bridgehead atoms. The van der Waals surface area contributed by atoms with Gasteiger partial charge < -0.3 is 10.4 Å². The Balaban J connectivity index is 1.84. The van der Waals surface area contributed by atoms with Gasteiger partial charge in [0.2, 0.25) is 0 Å². The van der Waals surface area contributed by atoms with Crippen molar-refractivity contribution in [2.45, 2.75) is 51.7 Å². The van der Waals surface area contributed by atoms with E-state index < -0.39 is 0 Å². The molecule has 0 amide bonds. The molecule has 1 saturated carbocycles. The standard InChI is InChI=1S/C16H25NO/c1-3-13-7-9-14(10-8-13)12(2)17-11-15-5-4-6-16(15)18/h7-10,12,15-18H,3-6,11H2,1-2H3. The summed E-state index contributed by atoms with van der Waals surface area (Å²) in [6.45, 7) is 5.30. The molecule has 0 aromatic heterocycles. The molecule has 1 aliphatic rings. The molecule has 2 rings (SSSR count). The second-order valence-corrected chi connectivity index (χ2v) is 5.48. The van der Waals surface area contributed by atoms with Gasteiger partial charge >= 0.3 is 0 Å². The second-order valence-electron chi connectivity index (χ2n) is 5.48. The lowest BCUT2D eigenvalue weighted by atomic mass is 10.0. The first-order valence-corrected chi connectivity index (χ1v) is 7.21. The number of aliphatic hydroxyl groups is 1. The Labute approximate surface area is 110 Å². The van der Waals surface area contributed by atoms with Crippen molar-refractivity contribution in [3.63, 3.8) is 0 Å². The van der Waals surface area contributed by atoms with Crippen molar-refractivity contribution in [1.29, 1.82) is 0 Å². The monoisotopic (exact) mass is 247 g/mol. The van der Waals surface area contributed by atoms with Gasteiger partial charge in [-0.3, -0.25) is 0 Å².